The summed E-state index contributed by atoms with van der Waals surface area (Å²) < 4.78 is 9.89. The lowest BCUT2D eigenvalue weighted by molar-refractivity contribution is -0.0334. The molecule has 0 spiro atoms. The normalized spacial score (nSPS) is 14.6. The van der Waals surface area contributed by atoms with Crippen molar-refractivity contribution in [2.24, 2.45) is 0 Å². The molecular weight excluding hydrogens is 244 g/mol. The molecule has 1 heterocycles. The Bertz CT molecular complexity index is 339. The van der Waals surface area contributed by atoms with Gasteiger partial charge in [0.1, 0.15) is 5.75 Å². The van der Waals surface area contributed by atoms with Crippen LogP contribution in [0.15, 0.2) is 18.2 Å². The highest BCUT2D eigenvalue weighted by Crippen LogP contribution is 2.17. The van der Waals surface area contributed by atoms with Crippen molar-refractivity contribution in [1.29, 1.82) is 0 Å². The van der Waals surface area contributed by atoms with Gasteiger partial charge in [-0.3, -0.25) is 4.79 Å². The predicted molar refractivity (Wildman–Crippen MR) is 64.7 cm³/mol. The van der Waals surface area contributed by atoms with Crippen LogP contribution in [-0.2, 0) is 15.4 Å². The summed E-state index contributed by atoms with van der Waals surface area (Å²) in [6.07, 6.45) is 0.603. The molecule has 1 aromatic rings. The van der Waals surface area contributed by atoms with Gasteiger partial charge in [0.15, 0.2) is 6.29 Å². The minimum Gasteiger partial charge on any atom is -0.507 e. The van der Waals surface area contributed by atoms with Gasteiger partial charge in [-0.25, -0.2) is 0 Å². The van der Waals surface area contributed by atoms with Gasteiger partial charge in [0.2, 0.25) is 0 Å². The van der Waals surface area contributed by atoms with E-state index in [2.05, 4.69) is 0 Å². The molecule has 0 amide bonds. The number of aldehydes is 1. The van der Waals surface area contributed by atoms with Crippen LogP contribution in [0.25, 0.3) is 0 Å². The maximum Gasteiger partial charge on any atom is 0.153 e. The molecule has 0 aromatic heterocycles. The Kier molecular flexibility index (Phi) is 6.62. The first-order chi connectivity index (χ1) is 8.27. The predicted octanol–water partition coefficient (Wildman–Crippen LogP) is 1.98. The molecule has 0 aliphatic carbocycles. The third-order valence-electron chi connectivity index (χ3n) is 2.12. The average molecular weight is 259 g/mol. The number of phenolic OH excluding ortho intramolecular Hbond substituents is 1. The lowest BCUT2D eigenvalue weighted by Crippen LogP contribution is -2.16. The van der Waals surface area contributed by atoms with Crippen LogP contribution in [0, 0.1) is 0 Å². The molecule has 0 saturated carbocycles. The SMILES string of the molecule is C1COCCO1.O=Cc1cc(CCl)ccc1O. The van der Waals surface area contributed by atoms with Crippen molar-refractivity contribution in [3.63, 3.8) is 0 Å². The average Bonchev–Trinajstić information content (AvgIpc) is 2.42. The number of hydrogen-bond acceptors (Lipinski definition) is 4. The summed E-state index contributed by atoms with van der Waals surface area (Å²) in [7, 11) is 0. The monoisotopic (exact) mass is 258 g/mol. The second-order valence-electron chi connectivity index (χ2n) is 3.37. The van der Waals surface area contributed by atoms with Crippen LogP contribution in [0.4, 0.5) is 0 Å². The summed E-state index contributed by atoms with van der Waals surface area (Å²) in [5.41, 5.74) is 1.11. The van der Waals surface area contributed by atoms with E-state index < -0.39 is 0 Å². The van der Waals surface area contributed by atoms with E-state index >= 15 is 0 Å². The molecule has 4 nitrogen and oxygen atoms in total. The largest absolute Gasteiger partial charge is 0.507 e. The standard InChI is InChI=1S/C8H7ClO2.C4H8O2/c9-4-6-1-2-8(11)7(3-6)5-10;1-2-6-4-3-5-1/h1-3,5,11H,4H2;1-4H2. The van der Waals surface area contributed by atoms with Gasteiger partial charge in [-0.2, -0.15) is 0 Å². The minimum atomic E-state index is -0.00568. The lowest BCUT2D eigenvalue weighted by Gasteiger charge is -2.09. The zero-order valence-electron chi connectivity index (χ0n) is 9.39. The quantitative estimate of drug-likeness (QED) is 0.651. The molecule has 5 heteroatoms. The van der Waals surface area contributed by atoms with Gasteiger partial charge < -0.3 is 14.6 Å². The summed E-state index contributed by atoms with van der Waals surface area (Å²) in [6, 6.07) is 4.70. The van der Waals surface area contributed by atoms with Gasteiger partial charge >= 0.3 is 0 Å². The van der Waals surface area contributed by atoms with E-state index in [0.29, 0.717) is 12.2 Å². The molecule has 94 valence electrons. The molecule has 1 aromatic carbocycles. The first kappa shape index (κ1) is 14.0. The number of halogens is 1. The Morgan fingerprint density at radius 1 is 1.24 bits per heavy atom. The number of alkyl halides is 1. The maximum atomic E-state index is 10.3. The van der Waals surface area contributed by atoms with Crippen molar-refractivity contribution in [2.45, 2.75) is 5.88 Å². The van der Waals surface area contributed by atoms with Gasteiger partial charge in [-0.15, -0.1) is 11.6 Å². The maximum absolute atomic E-state index is 10.3. The van der Waals surface area contributed by atoms with Crippen LogP contribution in [-0.4, -0.2) is 37.8 Å². The fourth-order valence-corrected chi connectivity index (χ4v) is 1.39. The molecule has 1 saturated heterocycles. The Hall–Kier alpha value is -1.10. The Morgan fingerprint density at radius 3 is 2.24 bits per heavy atom. The Morgan fingerprint density at radius 2 is 1.82 bits per heavy atom. The van der Waals surface area contributed by atoms with E-state index in [1.54, 1.807) is 12.1 Å². The van der Waals surface area contributed by atoms with Crippen molar-refractivity contribution in [3.05, 3.63) is 29.3 Å². The lowest BCUT2D eigenvalue weighted by atomic mass is 10.1. The van der Waals surface area contributed by atoms with Crippen LogP contribution < -0.4 is 0 Å². The van der Waals surface area contributed by atoms with Gasteiger partial charge in [0.05, 0.1) is 32.0 Å². The molecular formula is C12H15ClO4. The van der Waals surface area contributed by atoms with Crippen LogP contribution in [0.2, 0.25) is 0 Å². The molecule has 0 bridgehead atoms. The summed E-state index contributed by atoms with van der Waals surface area (Å²) in [6.45, 7) is 3.11. The smallest absolute Gasteiger partial charge is 0.153 e. The molecule has 0 unspecified atom stereocenters. The molecule has 1 N–H and O–H groups in total. The van der Waals surface area contributed by atoms with E-state index in [1.165, 1.54) is 6.07 Å². The molecule has 1 aliphatic rings. The topological polar surface area (TPSA) is 55.8 Å². The first-order valence-corrected chi connectivity index (χ1v) is 5.80. The second-order valence-corrected chi connectivity index (χ2v) is 3.64. The number of aromatic hydroxyl groups is 1. The Balaban J connectivity index is 0.000000202. The van der Waals surface area contributed by atoms with E-state index in [9.17, 15) is 4.79 Å². The van der Waals surface area contributed by atoms with E-state index in [4.69, 9.17) is 26.2 Å². The third kappa shape index (κ3) is 5.17. The minimum absolute atomic E-state index is 0.00568. The van der Waals surface area contributed by atoms with Gasteiger partial charge in [0, 0.05) is 5.88 Å². The molecule has 0 radical (unpaired) electrons. The van der Waals surface area contributed by atoms with Gasteiger partial charge in [0.25, 0.3) is 0 Å². The van der Waals surface area contributed by atoms with E-state index in [1.807, 2.05) is 0 Å². The second kappa shape index (κ2) is 8.06. The van der Waals surface area contributed by atoms with Crippen molar-refractivity contribution in [2.75, 3.05) is 26.4 Å². The van der Waals surface area contributed by atoms with Gasteiger partial charge in [-0.05, 0) is 17.7 Å². The van der Waals surface area contributed by atoms with Crippen LogP contribution >= 0.6 is 11.6 Å². The number of rotatable bonds is 2. The molecule has 0 atom stereocenters. The number of carbonyl (C=O) groups excluding carboxylic acids is 1. The van der Waals surface area contributed by atoms with Crippen molar-refractivity contribution < 1.29 is 19.4 Å². The van der Waals surface area contributed by atoms with Crippen LogP contribution in [0.3, 0.4) is 0 Å². The van der Waals surface area contributed by atoms with Crippen molar-refractivity contribution >= 4 is 17.9 Å². The highest BCUT2D eigenvalue weighted by Gasteiger charge is 1.99. The summed E-state index contributed by atoms with van der Waals surface area (Å²) in [5.74, 6) is 0.343. The fraction of sp³-hybridized carbons (Fsp3) is 0.417. The number of carbonyl (C=O) groups is 1. The summed E-state index contributed by atoms with van der Waals surface area (Å²) in [5, 5.41) is 9.06. The zero-order chi connectivity index (χ0) is 12.5. The number of ether oxygens (including phenoxy) is 2. The summed E-state index contributed by atoms with van der Waals surface area (Å²) in [4.78, 5) is 10.3. The van der Waals surface area contributed by atoms with Crippen molar-refractivity contribution in [3.8, 4) is 5.75 Å². The zero-order valence-corrected chi connectivity index (χ0v) is 10.2. The highest BCUT2D eigenvalue weighted by molar-refractivity contribution is 6.17. The molecule has 1 aliphatic heterocycles. The molecule has 17 heavy (non-hydrogen) atoms. The first-order valence-electron chi connectivity index (χ1n) is 5.26. The fourth-order valence-electron chi connectivity index (χ4n) is 1.22. The van der Waals surface area contributed by atoms with E-state index in [-0.39, 0.29) is 11.3 Å². The van der Waals surface area contributed by atoms with Crippen LogP contribution in [0.1, 0.15) is 15.9 Å². The number of hydrogen-bond donors (Lipinski definition) is 1. The molecule has 1 fully saturated rings. The van der Waals surface area contributed by atoms with E-state index in [0.717, 1.165) is 32.0 Å². The highest BCUT2D eigenvalue weighted by atomic mass is 35.5. The number of benzene rings is 1. The van der Waals surface area contributed by atoms with Crippen LogP contribution in [0.5, 0.6) is 5.75 Å². The Labute approximate surface area is 105 Å². The number of phenols is 1. The van der Waals surface area contributed by atoms with Crippen molar-refractivity contribution in [1.82, 2.24) is 0 Å². The third-order valence-corrected chi connectivity index (χ3v) is 2.43. The summed E-state index contributed by atoms with van der Waals surface area (Å²) >= 11 is 5.51. The van der Waals surface area contributed by atoms with Gasteiger partial charge in [-0.1, -0.05) is 6.07 Å². The molecule has 2 rings (SSSR count).